The third-order valence-corrected chi connectivity index (χ3v) is 4.22. The second-order valence-corrected chi connectivity index (χ2v) is 5.17. The molecule has 0 aliphatic heterocycles. The Morgan fingerprint density at radius 3 is 2.38 bits per heavy atom. The Kier molecular flexibility index (Phi) is 4.66. The molecule has 0 aromatic heterocycles. The first-order chi connectivity index (χ1) is 7.58. The maximum Gasteiger partial charge on any atom is 0.0595 e. The van der Waals surface area contributed by atoms with Crippen LogP contribution >= 0.6 is 23.2 Å². The molecule has 2 rings (SSSR count). The van der Waals surface area contributed by atoms with Gasteiger partial charge in [0, 0.05) is 0 Å². The first kappa shape index (κ1) is 13.8. The molecule has 1 aliphatic carbocycles. The van der Waals surface area contributed by atoms with E-state index in [0.29, 0.717) is 15.5 Å². The van der Waals surface area contributed by atoms with Crippen molar-refractivity contribution < 1.29 is 0 Å². The molecule has 1 fully saturated rings. The van der Waals surface area contributed by atoms with E-state index < -0.39 is 0 Å². The number of halogens is 2. The van der Waals surface area contributed by atoms with Gasteiger partial charge in [0.2, 0.25) is 0 Å². The molecule has 0 saturated heterocycles. The third-order valence-electron chi connectivity index (χ3n) is 3.48. The minimum Gasteiger partial charge on any atom is -0.333 e. The quantitative estimate of drug-likeness (QED) is 0.844. The predicted molar refractivity (Wildman–Crippen MR) is 72.3 cm³/mol. The molecule has 2 N–H and O–H groups in total. The summed E-state index contributed by atoms with van der Waals surface area (Å²) in [6.45, 7) is 4.55. The standard InChI is InChI=1S/C12H14Cl2.CH5N/c1-3-8-7-12(8,2)9-4-5-10(13)11(14)6-9;1-2/h4-6,8H,3,7H2,1-2H3;2H2,1H3/t8-,12-;/m1./s1. The van der Waals surface area contributed by atoms with Gasteiger partial charge >= 0.3 is 0 Å². The van der Waals surface area contributed by atoms with Gasteiger partial charge in [-0.25, -0.2) is 0 Å². The molecule has 1 aliphatic rings. The molecule has 0 amide bonds. The van der Waals surface area contributed by atoms with Crippen LogP contribution in [0.5, 0.6) is 0 Å². The Hall–Kier alpha value is -0.240. The van der Waals surface area contributed by atoms with Crippen molar-refractivity contribution in [1.29, 1.82) is 0 Å². The molecule has 3 heteroatoms. The van der Waals surface area contributed by atoms with E-state index in [1.807, 2.05) is 12.1 Å². The molecule has 90 valence electrons. The fourth-order valence-electron chi connectivity index (χ4n) is 2.25. The fourth-order valence-corrected chi connectivity index (χ4v) is 2.55. The SMILES string of the molecule is CC[C@@H]1C[C@@]1(C)c1ccc(Cl)c(Cl)c1.CN. The highest BCUT2D eigenvalue weighted by molar-refractivity contribution is 6.42. The van der Waals surface area contributed by atoms with Crippen LogP contribution in [0.4, 0.5) is 0 Å². The van der Waals surface area contributed by atoms with Gasteiger partial charge in [-0.2, -0.15) is 0 Å². The summed E-state index contributed by atoms with van der Waals surface area (Å²) in [5.74, 6) is 0.819. The van der Waals surface area contributed by atoms with Crippen molar-refractivity contribution in [2.24, 2.45) is 11.7 Å². The molecule has 1 nitrogen and oxygen atoms in total. The Labute approximate surface area is 108 Å². The molecular weight excluding hydrogens is 241 g/mol. The molecule has 16 heavy (non-hydrogen) atoms. The van der Waals surface area contributed by atoms with E-state index in [4.69, 9.17) is 23.2 Å². The van der Waals surface area contributed by atoms with E-state index in [2.05, 4.69) is 25.6 Å². The Morgan fingerprint density at radius 2 is 1.94 bits per heavy atom. The molecule has 1 aromatic rings. The highest BCUT2D eigenvalue weighted by Crippen LogP contribution is 2.56. The van der Waals surface area contributed by atoms with E-state index >= 15 is 0 Å². The van der Waals surface area contributed by atoms with Crippen LogP contribution in [-0.2, 0) is 5.41 Å². The summed E-state index contributed by atoms with van der Waals surface area (Å²) in [6, 6.07) is 6.01. The van der Waals surface area contributed by atoms with Gasteiger partial charge in [-0.05, 0) is 42.5 Å². The van der Waals surface area contributed by atoms with Gasteiger partial charge in [0.15, 0.2) is 0 Å². The summed E-state index contributed by atoms with van der Waals surface area (Å²) >= 11 is 11.9. The van der Waals surface area contributed by atoms with Gasteiger partial charge in [0.25, 0.3) is 0 Å². The van der Waals surface area contributed by atoms with Crippen molar-refractivity contribution in [3.63, 3.8) is 0 Å². The number of benzene rings is 1. The second-order valence-electron chi connectivity index (χ2n) is 4.36. The normalized spacial score (nSPS) is 27.0. The largest absolute Gasteiger partial charge is 0.333 e. The first-order valence-corrected chi connectivity index (χ1v) is 6.37. The molecular formula is C13H19Cl2N. The zero-order valence-corrected chi connectivity index (χ0v) is 11.6. The lowest BCUT2D eigenvalue weighted by atomic mass is 9.95. The highest BCUT2D eigenvalue weighted by atomic mass is 35.5. The minimum absolute atomic E-state index is 0.350. The number of hydrogen-bond donors (Lipinski definition) is 1. The van der Waals surface area contributed by atoms with E-state index in [-0.39, 0.29) is 0 Å². The number of rotatable bonds is 2. The van der Waals surface area contributed by atoms with Crippen LogP contribution in [0.25, 0.3) is 0 Å². The van der Waals surface area contributed by atoms with Crippen LogP contribution in [0.3, 0.4) is 0 Å². The van der Waals surface area contributed by atoms with E-state index in [1.165, 1.54) is 25.5 Å². The summed E-state index contributed by atoms with van der Waals surface area (Å²) in [5.41, 5.74) is 6.18. The van der Waals surface area contributed by atoms with E-state index in [9.17, 15) is 0 Å². The van der Waals surface area contributed by atoms with Crippen LogP contribution in [0.1, 0.15) is 32.3 Å². The van der Waals surface area contributed by atoms with Crippen molar-refractivity contribution in [3.8, 4) is 0 Å². The summed E-state index contributed by atoms with van der Waals surface area (Å²) in [6.07, 6.45) is 2.53. The first-order valence-electron chi connectivity index (χ1n) is 5.61. The summed E-state index contributed by atoms with van der Waals surface area (Å²) < 4.78 is 0. The van der Waals surface area contributed by atoms with E-state index in [1.54, 1.807) is 0 Å². The molecule has 0 bridgehead atoms. The summed E-state index contributed by atoms with van der Waals surface area (Å²) in [5, 5.41) is 1.32. The fraction of sp³-hybridized carbons (Fsp3) is 0.538. The van der Waals surface area contributed by atoms with Crippen molar-refractivity contribution in [2.75, 3.05) is 7.05 Å². The average Bonchev–Trinajstić information content (AvgIpc) is 2.98. The molecule has 0 spiro atoms. The Bertz CT molecular complexity index is 365. The lowest BCUT2D eigenvalue weighted by Gasteiger charge is -2.12. The molecule has 0 unspecified atom stereocenters. The lowest BCUT2D eigenvalue weighted by Crippen LogP contribution is -2.03. The smallest absolute Gasteiger partial charge is 0.0595 e. The van der Waals surface area contributed by atoms with Crippen molar-refractivity contribution >= 4 is 23.2 Å². The molecule has 0 radical (unpaired) electrons. The second kappa shape index (κ2) is 5.39. The van der Waals surface area contributed by atoms with Crippen LogP contribution < -0.4 is 5.73 Å². The summed E-state index contributed by atoms with van der Waals surface area (Å²) in [7, 11) is 1.50. The summed E-state index contributed by atoms with van der Waals surface area (Å²) in [4.78, 5) is 0. The van der Waals surface area contributed by atoms with Crippen LogP contribution in [-0.4, -0.2) is 7.05 Å². The van der Waals surface area contributed by atoms with Crippen LogP contribution in [0.2, 0.25) is 10.0 Å². The number of hydrogen-bond acceptors (Lipinski definition) is 1. The Morgan fingerprint density at radius 1 is 1.31 bits per heavy atom. The lowest BCUT2D eigenvalue weighted by molar-refractivity contribution is 0.642. The number of nitrogens with two attached hydrogens (primary N) is 1. The maximum absolute atomic E-state index is 6.01. The highest BCUT2D eigenvalue weighted by Gasteiger charge is 2.49. The Balaban J connectivity index is 0.000000606. The predicted octanol–water partition coefficient (Wildman–Crippen LogP) is 4.26. The van der Waals surface area contributed by atoms with Gasteiger partial charge in [-0.15, -0.1) is 0 Å². The van der Waals surface area contributed by atoms with Crippen molar-refractivity contribution in [2.45, 2.75) is 32.1 Å². The van der Waals surface area contributed by atoms with Gasteiger partial charge in [0.05, 0.1) is 10.0 Å². The average molecular weight is 260 g/mol. The van der Waals surface area contributed by atoms with E-state index in [0.717, 1.165) is 5.92 Å². The third kappa shape index (κ3) is 2.53. The topological polar surface area (TPSA) is 26.0 Å². The zero-order valence-electron chi connectivity index (χ0n) is 10.1. The minimum atomic E-state index is 0.350. The van der Waals surface area contributed by atoms with Gasteiger partial charge in [-0.1, -0.05) is 49.5 Å². The van der Waals surface area contributed by atoms with Gasteiger partial charge in [-0.3, -0.25) is 0 Å². The maximum atomic E-state index is 6.01. The monoisotopic (exact) mass is 259 g/mol. The molecule has 1 aromatic carbocycles. The van der Waals surface area contributed by atoms with Crippen LogP contribution in [0.15, 0.2) is 18.2 Å². The van der Waals surface area contributed by atoms with Crippen molar-refractivity contribution in [1.82, 2.24) is 0 Å². The molecule has 2 atom stereocenters. The molecule has 1 saturated carbocycles. The van der Waals surface area contributed by atoms with Crippen molar-refractivity contribution in [3.05, 3.63) is 33.8 Å². The van der Waals surface area contributed by atoms with Crippen LogP contribution in [0, 0.1) is 5.92 Å². The van der Waals surface area contributed by atoms with Gasteiger partial charge < -0.3 is 5.73 Å². The molecule has 0 heterocycles. The zero-order chi connectivity index (χ0) is 12.3. The van der Waals surface area contributed by atoms with Gasteiger partial charge in [0.1, 0.15) is 0 Å².